The average molecular weight is 254 g/mol. The number of aryl methyl sites for hydroxylation is 1. The van der Waals surface area contributed by atoms with Gasteiger partial charge in [0, 0.05) is 11.5 Å². The van der Waals surface area contributed by atoms with Gasteiger partial charge in [-0.25, -0.2) is 4.79 Å². The lowest BCUT2D eigenvalue weighted by Gasteiger charge is -2.09. The minimum Gasteiger partial charge on any atom is -0.478 e. The van der Waals surface area contributed by atoms with Crippen molar-refractivity contribution >= 4 is 16.8 Å². The van der Waals surface area contributed by atoms with Crippen LogP contribution in [0.3, 0.4) is 0 Å². The number of hydrogen-bond donors (Lipinski definition) is 1. The zero-order valence-corrected chi connectivity index (χ0v) is 10.3. The van der Waals surface area contributed by atoms with Crippen LogP contribution in [-0.4, -0.2) is 33.7 Å². The highest BCUT2D eigenvalue weighted by Crippen LogP contribution is 2.21. The van der Waals surface area contributed by atoms with E-state index in [1.807, 2.05) is 0 Å². The van der Waals surface area contributed by atoms with Crippen molar-refractivity contribution in [3.05, 3.63) is 29.3 Å². The summed E-state index contributed by atoms with van der Waals surface area (Å²) in [5, 5.41) is 9.00. The summed E-state index contributed by atoms with van der Waals surface area (Å²) in [6.07, 6.45) is 0.767. The Morgan fingerprint density at radius 2 is 2.29 bits per heavy atom. The number of carboxylic acids is 1. The Balaban J connectivity index is 2.29. The van der Waals surface area contributed by atoms with Gasteiger partial charge in [0.25, 0.3) is 0 Å². The molecule has 1 aliphatic rings. The Hall–Kier alpha value is -1.20. The molecule has 0 bridgehead atoms. The quantitative estimate of drug-likeness (QED) is 0.889. The molecule has 1 fully saturated rings. The Morgan fingerprint density at radius 1 is 1.53 bits per heavy atom. The molecule has 0 aromatic heterocycles. The van der Waals surface area contributed by atoms with E-state index in [0.29, 0.717) is 23.7 Å². The number of carboxylic acid groups (broad SMARTS) is 1. The molecule has 1 aromatic carbocycles. The van der Waals surface area contributed by atoms with Gasteiger partial charge < -0.3 is 9.84 Å². The average Bonchev–Trinajstić information content (AvgIpc) is 2.81. The van der Waals surface area contributed by atoms with Crippen molar-refractivity contribution in [2.45, 2.75) is 23.5 Å². The van der Waals surface area contributed by atoms with Crippen LogP contribution in [0.5, 0.6) is 0 Å². The molecule has 2 atom stereocenters. The molecule has 1 heterocycles. The van der Waals surface area contributed by atoms with E-state index in [4.69, 9.17) is 9.84 Å². The standard InChI is InChI=1S/C12H14O4S/c1-8-2-3-9(6-11(8)12(13)14)17(15)10-4-5-16-7-10/h2-3,6,10H,4-5,7H2,1H3,(H,13,14). The molecule has 1 saturated heterocycles. The van der Waals surface area contributed by atoms with Gasteiger partial charge in [-0.15, -0.1) is 0 Å². The van der Waals surface area contributed by atoms with Crippen molar-refractivity contribution in [3.63, 3.8) is 0 Å². The summed E-state index contributed by atoms with van der Waals surface area (Å²) >= 11 is 0. The van der Waals surface area contributed by atoms with Crippen LogP contribution < -0.4 is 0 Å². The molecular formula is C12H14O4S. The van der Waals surface area contributed by atoms with E-state index >= 15 is 0 Å². The first-order valence-corrected chi connectivity index (χ1v) is 6.63. The molecule has 0 aliphatic carbocycles. The number of aromatic carboxylic acids is 1. The monoisotopic (exact) mass is 254 g/mol. The third-order valence-corrected chi connectivity index (χ3v) is 4.56. The number of hydrogen-bond acceptors (Lipinski definition) is 3. The van der Waals surface area contributed by atoms with Crippen LogP contribution in [0.25, 0.3) is 0 Å². The summed E-state index contributed by atoms with van der Waals surface area (Å²) < 4.78 is 17.4. The molecule has 2 rings (SSSR count). The molecule has 1 aromatic rings. The Labute approximate surface area is 102 Å². The van der Waals surface area contributed by atoms with E-state index in [1.165, 1.54) is 6.07 Å². The van der Waals surface area contributed by atoms with Gasteiger partial charge in [0.2, 0.25) is 0 Å². The Morgan fingerprint density at radius 3 is 2.88 bits per heavy atom. The van der Waals surface area contributed by atoms with Crippen LogP contribution in [0.15, 0.2) is 23.1 Å². The van der Waals surface area contributed by atoms with Gasteiger partial charge in [0.15, 0.2) is 0 Å². The first kappa shape index (κ1) is 12.3. The summed E-state index contributed by atoms with van der Waals surface area (Å²) in [7, 11) is -1.18. The van der Waals surface area contributed by atoms with Crippen LogP contribution in [0.1, 0.15) is 22.3 Å². The first-order chi connectivity index (χ1) is 8.09. The van der Waals surface area contributed by atoms with Gasteiger partial charge >= 0.3 is 5.97 Å². The Bertz CT molecular complexity index is 464. The number of benzene rings is 1. The smallest absolute Gasteiger partial charge is 0.335 e. The van der Waals surface area contributed by atoms with Gasteiger partial charge in [-0.05, 0) is 31.0 Å². The summed E-state index contributed by atoms with van der Waals surface area (Å²) in [6, 6.07) is 4.94. The predicted molar refractivity (Wildman–Crippen MR) is 63.8 cm³/mol. The highest BCUT2D eigenvalue weighted by Gasteiger charge is 2.24. The largest absolute Gasteiger partial charge is 0.478 e. The van der Waals surface area contributed by atoms with Crippen molar-refractivity contribution in [1.82, 2.24) is 0 Å². The number of carbonyl (C=O) groups is 1. The molecule has 4 nitrogen and oxygen atoms in total. The molecule has 1 N–H and O–H groups in total. The Kier molecular flexibility index (Phi) is 3.59. The van der Waals surface area contributed by atoms with Crippen LogP contribution >= 0.6 is 0 Å². The SMILES string of the molecule is Cc1ccc(S(=O)C2CCOC2)cc1C(=O)O. The van der Waals surface area contributed by atoms with Crippen molar-refractivity contribution in [1.29, 1.82) is 0 Å². The normalized spacial score (nSPS) is 21.4. The predicted octanol–water partition coefficient (Wildman–Crippen LogP) is 1.59. The lowest BCUT2D eigenvalue weighted by atomic mass is 10.1. The van der Waals surface area contributed by atoms with Gasteiger partial charge in [-0.3, -0.25) is 4.21 Å². The summed E-state index contributed by atoms with van der Waals surface area (Å²) in [5.74, 6) is -0.982. The van der Waals surface area contributed by atoms with Crippen molar-refractivity contribution < 1.29 is 18.8 Å². The van der Waals surface area contributed by atoms with E-state index in [0.717, 1.165) is 6.42 Å². The number of ether oxygens (including phenoxy) is 1. The van der Waals surface area contributed by atoms with E-state index in [1.54, 1.807) is 19.1 Å². The highest BCUT2D eigenvalue weighted by atomic mass is 32.2. The summed E-state index contributed by atoms with van der Waals surface area (Å²) in [4.78, 5) is 11.6. The molecule has 5 heteroatoms. The maximum atomic E-state index is 12.2. The molecule has 92 valence electrons. The van der Waals surface area contributed by atoms with Crippen LogP contribution in [0, 0.1) is 6.92 Å². The maximum absolute atomic E-state index is 12.2. The van der Waals surface area contributed by atoms with Crippen LogP contribution in [0.4, 0.5) is 0 Å². The minimum atomic E-state index is -1.18. The van der Waals surface area contributed by atoms with Crippen LogP contribution in [0.2, 0.25) is 0 Å². The van der Waals surface area contributed by atoms with E-state index < -0.39 is 16.8 Å². The zero-order valence-electron chi connectivity index (χ0n) is 9.51. The lowest BCUT2D eigenvalue weighted by molar-refractivity contribution is 0.0696. The first-order valence-electron chi connectivity index (χ1n) is 5.42. The second-order valence-electron chi connectivity index (χ2n) is 4.06. The van der Waals surface area contributed by atoms with Crippen molar-refractivity contribution in [2.75, 3.05) is 13.2 Å². The molecule has 17 heavy (non-hydrogen) atoms. The van der Waals surface area contributed by atoms with E-state index in [-0.39, 0.29) is 10.8 Å². The molecule has 0 amide bonds. The maximum Gasteiger partial charge on any atom is 0.335 e. The van der Waals surface area contributed by atoms with E-state index in [2.05, 4.69) is 0 Å². The highest BCUT2D eigenvalue weighted by molar-refractivity contribution is 7.85. The van der Waals surface area contributed by atoms with E-state index in [9.17, 15) is 9.00 Å². The van der Waals surface area contributed by atoms with Gasteiger partial charge in [-0.1, -0.05) is 6.07 Å². The molecule has 0 saturated carbocycles. The number of rotatable bonds is 3. The molecular weight excluding hydrogens is 240 g/mol. The molecule has 2 unspecified atom stereocenters. The third kappa shape index (κ3) is 2.56. The van der Waals surface area contributed by atoms with Crippen molar-refractivity contribution in [3.8, 4) is 0 Å². The lowest BCUT2D eigenvalue weighted by Crippen LogP contribution is -2.15. The third-order valence-electron chi connectivity index (χ3n) is 2.86. The van der Waals surface area contributed by atoms with Crippen molar-refractivity contribution in [2.24, 2.45) is 0 Å². The second-order valence-corrected chi connectivity index (χ2v) is 5.80. The summed E-state index contributed by atoms with van der Waals surface area (Å²) in [5.41, 5.74) is 0.899. The van der Waals surface area contributed by atoms with Gasteiger partial charge in [-0.2, -0.15) is 0 Å². The fourth-order valence-electron chi connectivity index (χ4n) is 1.83. The molecule has 0 spiro atoms. The molecule has 0 radical (unpaired) electrons. The van der Waals surface area contributed by atoms with Gasteiger partial charge in [0.05, 0.1) is 28.2 Å². The van der Waals surface area contributed by atoms with Crippen LogP contribution in [-0.2, 0) is 15.5 Å². The fourth-order valence-corrected chi connectivity index (χ4v) is 3.18. The molecule has 1 aliphatic heterocycles. The minimum absolute atomic E-state index is 0.0145. The zero-order chi connectivity index (χ0) is 12.4. The summed E-state index contributed by atoms with van der Waals surface area (Å²) in [6.45, 7) is 2.85. The van der Waals surface area contributed by atoms with Gasteiger partial charge in [0.1, 0.15) is 0 Å². The fraction of sp³-hybridized carbons (Fsp3) is 0.417. The second kappa shape index (κ2) is 4.98. The topological polar surface area (TPSA) is 63.6 Å².